The average molecular weight is 219 g/mol. The SMILES string of the molecule is CC(=O)c1cc(C)cnc1OC1CCCC1. The molecule has 0 unspecified atom stereocenters. The van der Waals surface area contributed by atoms with Crippen molar-refractivity contribution in [1.82, 2.24) is 4.98 Å². The third-order valence-corrected chi connectivity index (χ3v) is 2.95. The predicted octanol–water partition coefficient (Wildman–Crippen LogP) is 2.91. The zero-order valence-electron chi connectivity index (χ0n) is 9.82. The van der Waals surface area contributed by atoms with Crippen LogP contribution in [0.3, 0.4) is 0 Å². The fraction of sp³-hybridized carbons (Fsp3) is 0.538. The number of rotatable bonds is 3. The van der Waals surface area contributed by atoms with E-state index >= 15 is 0 Å². The quantitative estimate of drug-likeness (QED) is 0.734. The van der Waals surface area contributed by atoms with Gasteiger partial charge in [0.05, 0.1) is 5.56 Å². The molecule has 16 heavy (non-hydrogen) atoms. The molecule has 2 rings (SSSR count). The number of Topliss-reactive ketones (excluding diaryl/α,β-unsaturated/α-hetero) is 1. The Labute approximate surface area is 95.8 Å². The molecule has 1 heterocycles. The number of aryl methyl sites for hydroxylation is 1. The van der Waals surface area contributed by atoms with E-state index in [0.717, 1.165) is 18.4 Å². The van der Waals surface area contributed by atoms with Crippen LogP contribution in [-0.4, -0.2) is 16.9 Å². The van der Waals surface area contributed by atoms with Gasteiger partial charge in [0.1, 0.15) is 6.10 Å². The first-order chi connectivity index (χ1) is 7.66. The van der Waals surface area contributed by atoms with Crippen molar-refractivity contribution in [2.24, 2.45) is 0 Å². The molecule has 86 valence electrons. The highest BCUT2D eigenvalue weighted by atomic mass is 16.5. The largest absolute Gasteiger partial charge is 0.474 e. The maximum absolute atomic E-state index is 11.5. The van der Waals surface area contributed by atoms with Crippen molar-refractivity contribution in [1.29, 1.82) is 0 Å². The van der Waals surface area contributed by atoms with Gasteiger partial charge in [-0.2, -0.15) is 0 Å². The maximum atomic E-state index is 11.5. The Kier molecular flexibility index (Phi) is 3.22. The fourth-order valence-electron chi connectivity index (χ4n) is 2.07. The van der Waals surface area contributed by atoms with Crippen LogP contribution in [0.2, 0.25) is 0 Å². The third-order valence-electron chi connectivity index (χ3n) is 2.95. The third kappa shape index (κ3) is 2.40. The molecule has 1 aromatic heterocycles. The first-order valence-electron chi connectivity index (χ1n) is 5.81. The molecule has 1 saturated carbocycles. The lowest BCUT2D eigenvalue weighted by Gasteiger charge is -2.14. The van der Waals surface area contributed by atoms with Gasteiger partial charge in [-0.05, 0) is 51.2 Å². The van der Waals surface area contributed by atoms with Gasteiger partial charge in [-0.3, -0.25) is 4.79 Å². The Morgan fingerprint density at radius 3 is 2.75 bits per heavy atom. The molecule has 1 aliphatic rings. The monoisotopic (exact) mass is 219 g/mol. The van der Waals surface area contributed by atoms with Gasteiger partial charge < -0.3 is 4.74 Å². The van der Waals surface area contributed by atoms with Crippen LogP contribution in [0, 0.1) is 6.92 Å². The number of carbonyl (C=O) groups is 1. The molecule has 1 aliphatic carbocycles. The first-order valence-corrected chi connectivity index (χ1v) is 5.81. The Morgan fingerprint density at radius 2 is 2.12 bits per heavy atom. The Hall–Kier alpha value is -1.38. The maximum Gasteiger partial charge on any atom is 0.224 e. The standard InChI is InChI=1S/C13H17NO2/c1-9-7-12(10(2)15)13(14-8-9)16-11-5-3-4-6-11/h7-8,11H,3-6H2,1-2H3. The molecule has 3 nitrogen and oxygen atoms in total. The van der Waals surface area contributed by atoms with Gasteiger partial charge in [0.25, 0.3) is 0 Å². The van der Waals surface area contributed by atoms with E-state index in [1.807, 2.05) is 13.0 Å². The van der Waals surface area contributed by atoms with Crippen molar-refractivity contribution < 1.29 is 9.53 Å². The Bertz CT molecular complexity index is 395. The smallest absolute Gasteiger partial charge is 0.224 e. The molecule has 0 atom stereocenters. The number of pyridine rings is 1. The number of ketones is 1. The first kappa shape index (κ1) is 11.1. The molecule has 1 fully saturated rings. The summed E-state index contributed by atoms with van der Waals surface area (Å²) in [6.07, 6.45) is 6.57. The van der Waals surface area contributed by atoms with Gasteiger partial charge in [-0.1, -0.05) is 0 Å². The lowest BCUT2D eigenvalue weighted by atomic mass is 10.1. The molecule has 0 saturated heterocycles. The lowest BCUT2D eigenvalue weighted by Crippen LogP contribution is -2.14. The van der Waals surface area contributed by atoms with E-state index in [9.17, 15) is 4.79 Å². The van der Waals surface area contributed by atoms with E-state index in [1.165, 1.54) is 12.8 Å². The molecule has 0 spiro atoms. The van der Waals surface area contributed by atoms with Crippen molar-refractivity contribution in [3.63, 3.8) is 0 Å². The van der Waals surface area contributed by atoms with E-state index in [2.05, 4.69) is 4.98 Å². The van der Waals surface area contributed by atoms with E-state index in [0.29, 0.717) is 11.4 Å². The summed E-state index contributed by atoms with van der Waals surface area (Å²) >= 11 is 0. The molecular formula is C13H17NO2. The van der Waals surface area contributed by atoms with Crippen molar-refractivity contribution in [3.05, 3.63) is 23.4 Å². The van der Waals surface area contributed by atoms with Gasteiger partial charge in [0, 0.05) is 6.20 Å². The summed E-state index contributed by atoms with van der Waals surface area (Å²) < 4.78 is 5.79. The highest BCUT2D eigenvalue weighted by Gasteiger charge is 2.19. The zero-order chi connectivity index (χ0) is 11.5. The van der Waals surface area contributed by atoms with Crippen molar-refractivity contribution in [3.8, 4) is 5.88 Å². The van der Waals surface area contributed by atoms with Crippen LogP contribution in [0.15, 0.2) is 12.3 Å². The minimum atomic E-state index is 0.0178. The average Bonchev–Trinajstić information content (AvgIpc) is 2.73. The summed E-state index contributed by atoms with van der Waals surface area (Å²) in [4.78, 5) is 15.7. The molecule has 3 heteroatoms. The summed E-state index contributed by atoms with van der Waals surface area (Å²) in [5.41, 5.74) is 1.59. The van der Waals surface area contributed by atoms with Gasteiger partial charge in [-0.25, -0.2) is 4.98 Å². The number of hydrogen-bond acceptors (Lipinski definition) is 3. The summed E-state index contributed by atoms with van der Waals surface area (Å²) in [6, 6.07) is 1.85. The van der Waals surface area contributed by atoms with Crippen LogP contribution in [0.5, 0.6) is 5.88 Å². The van der Waals surface area contributed by atoms with Gasteiger partial charge in [0.15, 0.2) is 5.78 Å². The molecule has 0 aliphatic heterocycles. The second-order valence-electron chi connectivity index (χ2n) is 4.45. The van der Waals surface area contributed by atoms with E-state index in [1.54, 1.807) is 13.1 Å². The molecule has 1 aromatic rings. The zero-order valence-corrected chi connectivity index (χ0v) is 9.82. The van der Waals surface area contributed by atoms with Crippen LogP contribution in [0.25, 0.3) is 0 Å². The molecule has 0 aromatic carbocycles. The Balaban J connectivity index is 2.21. The minimum absolute atomic E-state index is 0.0178. The van der Waals surface area contributed by atoms with Crippen molar-refractivity contribution in [2.75, 3.05) is 0 Å². The van der Waals surface area contributed by atoms with E-state index < -0.39 is 0 Å². The number of aromatic nitrogens is 1. The van der Waals surface area contributed by atoms with Crippen LogP contribution in [0.1, 0.15) is 48.5 Å². The second kappa shape index (κ2) is 4.64. The molecular weight excluding hydrogens is 202 g/mol. The fourth-order valence-corrected chi connectivity index (χ4v) is 2.07. The molecule has 0 amide bonds. The predicted molar refractivity (Wildman–Crippen MR) is 61.9 cm³/mol. The van der Waals surface area contributed by atoms with Gasteiger partial charge >= 0.3 is 0 Å². The number of ether oxygens (including phenoxy) is 1. The number of nitrogens with zero attached hydrogens (tertiary/aromatic N) is 1. The molecule has 0 bridgehead atoms. The summed E-state index contributed by atoms with van der Waals surface area (Å²) in [5, 5.41) is 0. The second-order valence-corrected chi connectivity index (χ2v) is 4.45. The summed E-state index contributed by atoms with van der Waals surface area (Å²) in [7, 11) is 0. The van der Waals surface area contributed by atoms with Crippen LogP contribution in [-0.2, 0) is 0 Å². The normalized spacial score (nSPS) is 16.4. The molecule has 0 N–H and O–H groups in total. The van der Waals surface area contributed by atoms with Crippen molar-refractivity contribution >= 4 is 5.78 Å². The lowest BCUT2D eigenvalue weighted by molar-refractivity contribution is 0.100. The van der Waals surface area contributed by atoms with Crippen LogP contribution < -0.4 is 4.74 Å². The van der Waals surface area contributed by atoms with Crippen LogP contribution in [0.4, 0.5) is 0 Å². The Morgan fingerprint density at radius 1 is 1.44 bits per heavy atom. The van der Waals surface area contributed by atoms with Crippen LogP contribution >= 0.6 is 0 Å². The molecule has 0 radical (unpaired) electrons. The topological polar surface area (TPSA) is 39.2 Å². The van der Waals surface area contributed by atoms with E-state index in [4.69, 9.17) is 4.74 Å². The summed E-state index contributed by atoms with van der Waals surface area (Å²) in [6.45, 7) is 3.48. The number of carbonyl (C=O) groups excluding carboxylic acids is 1. The van der Waals surface area contributed by atoms with Gasteiger partial charge in [-0.15, -0.1) is 0 Å². The summed E-state index contributed by atoms with van der Waals surface area (Å²) in [5.74, 6) is 0.522. The highest BCUT2D eigenvalue weighted by molar-refractivity contribution is 5.96. The number of hydrogen-bond donors (Lipinski definition) is 0. The minimum Gasteiger partial charge on any atom is -0.474 e. The van der Waals surface area contributed by atoms with Gasteiger partial charge in [0.2, 0.25) is 5.88 Å². The van der Waals surface area contributed by atoms with Crippen molar-refractivity contribution in [2.45, 2.75) is 45.6 Å². The highest BCUT2D eigenvalue weighted by Crippen LogP contribution is 2.25. The van der Waals surface area contributed by atoms with E-state index in [-0.39, 0.29) is 11.9 Å².